The third-order valence-corrected chi connectivity index (χ3v) is 3.36. The largest absolute Gasteiger partial charge is 0.506 e. The lowest BCUT2D eigenvalue weighted by Crippen LogP contribution is -2.01. The maximum Gasteiger partial charge on any atom is 0.146 e. The average molecular weight is 280 g/mol. The Morgan fingerprint density at radius 1 is 1.14 bits per heavy atom. The maximum absolute atomic E-state index is 9.60. The van der Waals surface area contributed by atoms with E-state index < -0.39 is 0 Å². The van der Waals surface area contributed by atoms with Crippen molar-refractivity contribution in [3.8, 4) is 11.5 Å². The van der Waals surface area contributed by atoms with Crippen molar-refractivity contribution in [2.75, 3.05) is 5.73 Å². The molecule has 0 spiro atoms. The van der Waals surface area contributed by atoms with Crippen LogP contribution in [0, 0.1) is 6.92 Å². The van der Waals surface area contributed by atoms with Gasteiger partial charge in [-0.25, -0.2) is 0 Å². The quantitative estimate of drug-likeness (QED) is 0.570. The molecule has 1 heterocycles. The minimum atomic E-state index is 0.0308. The Kier molecular flexibility index (Phi) is 3.36. The number of phenolic OH excluding ortho intramolecular Hbond substituents is 1. The van der Waals surface area contributed by atoms with Crippen molar-refractivity contribution in [3.63, 3.8) is 0 Å². The minimum Gasteiger partial charge on any atom is -0.506 e. The fraction of sp³-hybridized carbons (Fsp3) is 0.118. The molecule has 0 aliphatic rings. The molecule has 4 heteroatoms. The number of rotatable bonds is 3. The number of pyridine rings is 1. The summed E-state index contributed by atoms with van der Waals surface area (Å²) in [4.78, 5) is 4.50. The smallest absolute Gasteiger partial charge is 0.146 e. The molecule has 0 aliphatic heterocycles. The van der Waals surface area contributed by atoms with E-state index in [-0.39, 0.29) is 11.4 Å². The Morgan fingerprint density at radius 2 is 1.95 bits per heavy atom. The molecule has 2 aromatic carbocycles. The Balaban J connectivity index is 1.93. The van der Waals surface area contributed by atoms with Crippen molar-refractivity contribution < 1.29 is 9.84 Å². The highest BCUT2D eigenvalue weighted by molar-refractivity contribution is 5.82. The number of aromatic nitrogens is 1. The van der Waals surface area contributed by atoms with E-state index in [1.165, 1.54) is 6.07 Å². The summed E-state index contributed by atoms with van der Waals surface area (Å²) in [5.41, 5.74) is 8.99. The third kappa shape index (κ3) is 2.60. The number of benzene rings is 2. The molecular formula is C17H16N2O2. The van der Waals surface area contributed by atoms with E-state index in [4.69, 9.17) is 10.5 Å². The predicted octanol–water partition coefficient (Wildman–Crippen LogP) is 3.41. The maximum atomic E-state index is 9.60. The number of aryl methyl sites for hydroxylation is 1. The van der Waals surface area contributed by atoms with Crippen LogP contribution in [0.25, 0.3) is 10.9 Å². The van der Waals surface area contributed by atoms with Crippen molar-refractivity contribution in [2.45, 2.75) is 13.5 Å². The lowest BCUT2D eigenvalue weighted by Gasteiger charge is -2.12. The van der Waals surface area contributed by atoms with Crippen LogP contribution >= 0.6 is 0 Å². The molecule has 0 aliphatic carbocycles. The van der Waals surface area contributed by atoms with E-state index in [1.54, 1.807) is 12.1 Å². The van der Waals surface area contributed by atoms with Crippen LogP contribution in [0.5, 0.6) is 11.5 Å². The molecule has 0 unspecified atom stereocenters. The molecule has 21 heavy (non-hydrogen) atoms. The van der Waals surface area contributed by atoms with Crippen molar-refractivity contribution in [1.29, 1.82) is 0 Å². The molecular weight excluding hydrogens is 264 g/mol. The molecule has 0 bridgehead atoms. The lowest BCUT2D eigenvalue weighted by atomic mass is 10.1. The number of aromatic hydroxyl groups is 1. The summed E-state index contributed by atoms with van der Waals surface area (Å²) in [6.45, 7) is 2.33. The van der Waals surface area contributed by atoms with Gasteiger partial charge in [0.05, 0.1) is 5.52 Å². The number of nitrogens with zero attached hydrogens (tertiary/aromatic N) is 1. The summed E-state index contributed by atoms with van der Waals surface area (Å²) in [6.07, 6.45) is 0. The molecule has 3 N–H and O–H groups in total. The van der Waals surface area contributed by atoms with Gasteiger partial charge in [-0.2, -0.15) is 0 Å². The van der Waals surface area contributed by atoms with E-state index in [0.29, 0.717) is 12.4 Å². The van der Waals surface area contributed by atoms with Crippen LogP contribution in [0.4, 0.5) is 5.69 Å². The van der Waals surface area contributed by atoms with Gasteiger partial charge in [-0.15, -0.1) is 0 Å². The van der Waals surface area contributed by atoms with Crippen LogP contribution in [0.1, 0.15) is 11.3 Å². The number of fused-ring (bicyclic) bond motifs is 1. The zero-order valence-electron chi connectivity index (χ0n) is 11.7. The predicted molar refractivity (Wildman–Crippen MR) is 83.3 cm³/mol. The van der Waals surface area contributed by atoms with Gasteiger partial charge in [0.25, 0.3) is 0 Å². The molecule has 0 atom stereocenters. The summed E-state index contributed by atoms with van der Waals surface area (Å²) >= 11 is 0. The minimum absolute atomic E-state index is 0.0308. The molecule has 0 radical (unpaired) electrons. The van der Waals surface area contributed by atoms with Crippen molar-refractivity contribution in [2.24, 2.45) is 0 Å². The Hall–Kier alpha value is -2.75. The number of hydrogen-bond donors (Lipinski definition) is 2. The van der Waals surface area contributed by atoms with Gasteiger partial charge >= 0.3 is 0 Å². The fourth-order valence-corrected chi connectivity index (χ4v) is 2.33. The van der Waals surface area contributed by atoms with Gasteiger partial charge in [-0.1, -0.05) is 24.3 Å². The SMILES string of the molecule is Cc1cc(COc2cccc(O)c2N)c2ccccc2n1. The summed E-state index contributed by atoms with van der Waals surface area (Å²) in [7, 11) is 0. The van der Waals surface area contributed by atoms with Gasteiger partial charge < -0.3 is 15.6 Å². The zero-order valence-corrected chi connectivity index (χ0v) is 11.7. The standard InChI is InChI=1S/C17H16N2O2/c1-11-9-12(13-5-2-3-6-14(13)19-11)10-21-16-8-4-7-15(20)17(16)18/h2-9,20H,10,18H2,1H3. The van der Waals surface area contributed by atoms with Gasteiger partial charge in [0, 0.05) is 16.6 Å². The number of phenols is 1. The number of para-hydroxylation sites is 2. The van der Waals surface area contributed by atoms with Crippen LogP contribution in [0.3, 0.4) is 0 Å². The van der Waals surface area contributed by atoms with E-state index in [0.717, 1.165) is 22.2 Å². The first kappa shape index (κ1) is 13.2. The second-order valence-corrected chi connectivity index (χ2v) is 4.92. The van der Waals surface area contributed by atoms with Crippen LogP contribution in [0.2, 0.25) is 0 Å². The number of hydrogen-bond acceptors (Lipinski definition) is 4. The highest BCUT2D eigenvalue weighted by Gasteiger charge is 2.08. The first-order valence-corrected chi connectivity index (χ1v) is 6.70. The van der Waals surface area contributed by atoms with Crippen molar-refractivity contribution >= 4 is 16.6 Å². The van der Waals surface area contributed by atoms with Gasteiger partial charge in [0.2, 0.25) is 0 Å². The number of ether oxygens (including phenoxy) is 1. The van der Waals surface area contributed by atoms with Gasteiger partial charge in [-0.05, 0) is 31.2 Å². The molecule has 0 saturated heterocycles. The molecule has 106 valence electrons. The second kappa shape index (κ2) is 5.32. The van der Waals surface area contributed by atoms with E-state index in [1.807, 2.05) is 37.3 Å². The third-order valence-electron chi connectivity index (χ3n) is 3.36. The number of nitrogen functional groups attached to an aromatic ring is 1. The Bertz CT molecular complexity index is 800. The summed E-state index contributed by atoms with van der Waals surface area (Å²) in [6, 6.07) is 14.9. The summed E-state index contributed by atoms with van der Waals surface area (Å²) in [5.74, 6) is 0.511. The van der Waals surface area contributed by atoms with E-state index in [2.05, 4.69) is 4.98 Å². The monoisotopic (exact) mass is 280 g/mol. The Morgan fingerprint density at radius 3 is 2.81 bits per heavy atom. The normalized spacial score (nSPS) is 10.7. The highest BCUT2D eigenvalue weighted by Crippen LogP contribution is 2.31. The van der Waals surface area contributed by atoms with Gasteiger partial charge in [-0.3, -0.25) is 4.98 Å². The second-order valence-electron chi connectivity index (χ2n) is 4.92. The molecule has 0 amide bonds. The van der Waals surface area contributed by atoms with E-state index >= 15 is 0 Å². The summed E-state index contributed by atoms with van der Waals surface area (Å²) < 4.78 is 5.75. The first-order chi connectivity index (χ1) is 10.1. The van der Waals surface area contributed by atoms with Gasteiger partial charge in [0.1, 0.15) is 23.8 Å². The first-order valence-electron chi connectivity index (χ1n) is 6.70. The van der Waals surface area contributed by atoms with Crippen LogP contribution < -0.4 is 10.5 Å². The summed E-state index contributed by atoms with van der Waals surface area (Å²) in [5, 5.41) is 10.7. The van der Waals surface area contributed by atoms with E-state index in [9.17, 15) is 5.11 Å². The molecule has 1 aromatic heterocycles. The van der Waals surface area contributed by atoms with Crippen molar-refractivity contribution in [3.05, 3.63) is 59.8 Å². The topological polar surface area (TPSA) is 68.4 Å². The molecule has 0 saturated carbocycles. The van der Waals surface area contributed by atoms with Crippen LogP contribution in [0.15, 0.2) is 48.5 Å². The van der Waals surface area contributed by atoms with Crippen molar-refractivity contribution in [1.82, 2.24) is 4.98 Å². The Labute approximate surface area is 122 Å². The lowest BCUT2D eigenvalue weighted by molar-refractivity contribution is 0.308. The number of anilines is 1. The zero-order chi connectivity index (χ0) is 14.8. The molecule has 3 rings (SSSR count). The average Bonchev–Trinajstić information content (AvgIpc) is 2.48. The van der Waals surface area contributed by atoms with Gasteiger partial charge in [0.15, 0.2) is 0 Å². The van der Waals surface area contributed by atoms with Crippen LogP contribution in [-0.4, -0.2) is 10.1 Å². The molecule has 4 nitrogen and oxygen atoms in total. The number of nitrogens with two attached hydrogens (primary N) is 1. The molecule has 3 aromatic rings. The highest BCUT2D eigenvalue weighted by atomic mass is 16.5. The van der Waals surface area contributed by atoms with Crippen LogP contribution in [-0.2, 0) is 6.61 Å². The fourth-order valence-electron chi connectivity index (χ4n) is 2.33. The molecule has 0 fully saturated rings.